The molecule has 222 valence electrons. The van der Waals surface area contributed by atoms with Gasteiger partial charge in [-0.25, -0.2) is 14.4 Å². The van der Waals surface area contributed by atoms with E-state index in [9.17, 15) is 9.18 Å². The molecule has 1 saturated heterocycles. The maximum atomic E-state index is 14.3. The van der Waals surface area contributed by atoms with Crippen LogP contribution in [0.2, 0.25) is 0 Å². The molecule has 2 N–H and O–H groups in total. The van der Waals surface area contributed by atoms with E-state index < -0.39 is 0 Å². The highest BCUT2D eigenvalue weighted by molar-refractivity contribution is 6.02. The lowest BCUT2D eigenvalue weighted by molar-refractivity contribution is -0.139. The van der Waals surface area contributed by atoms with Crippen LogP contribution in [0.4, 0.5) is 10.2 Å². The van der Waals surface area contributed by atoms with Crippen LogP contribution >= 0.6 is 0 Å². The maximum Gasteiger partial charge on any atom is 0.237 e. The molecule has 0 radical (unpaired) electrons. The van der Waals surface area contributed by atoms with Gasteiger partial charge in [0.15, 0.2) is 0 Å². The lowest BCUT2D eigenvalue weighted by Crippen LogP contribution is -2.55. The summed E-state index contributed by atoms with van der Waals surface area (Å²) in [6.45, 7) is 6.94. The van der Waals surface area contributed by atoms with Gasteiger partial charge in [0.1, 0.15) is 23.6 Å². The summed E-state index contributed by atoms with van der Waals surface area (Å²) in [7, 11) is 0. The number of nitrogens with two attached hydrogens (primary N) is 1. The summed E-state index contributed by atoms with van der Waals surface area (Å²) in [5.41, 5.74) is 11.1. The van der Waals surface area contributed by atoms with Crippen LogP contribution in [0.25, 0.3) is 33.1 Å². The van der Waals surface area contributed by atoms with Crippen LogP contribution in [0.15, 0.2) is 67.3 Å². The van der Waals surface area contributed by atoms with Gasteiger partial charge in [0, 0.05) is 65.6 Å². The number of nitrogens with zero attached hydrogens (tertiary/aromatic N) is 6. The Bertz CT molecular complexity index is 1800. The first-order valence-corrected chi connectivity index (χ1v) is 15.3. The minimum absolute atomic E-state index is 0.194. The number of halogens is 1. The van der Waals surface area contributed by atoms with E-state index in [1.807, 2.05) is 23.2 Å². The van der Waals surface area contributed by atoms with Crippen molar-refractivity contribution in [1.82, 2.24) is 28.9 Å². The number of carbonyl (C=O) groups excluding carboxylic acids is 1. The summed E-state index contributed by atoms with van der Waals surface area (Å²) < 4.78 is 18.7. The lowest BCUT2D eigenvalue weighted by Gasteiger charge is -2.42. The van der Waals surface area contributed by atoms with Crippen LogP contribution in [0.3, 0.4) is 0 Å². The largest absolute Gasteiger partial charge is 0.383 e. The van der Waals surface area contributed by atoms with E-state index in [1.165, 1.54) is 6.07 Å². The fourth-order valence-corrected chi connectivity index (χ4v) is 7.19. The van der Waals surface area contributed by atoms with E-state index in [4.69, 9.17) is 10.7 Å². The molecular weight excluding hydrogens is 541 g/mol. The number of hydrogen-bond donors (Lipinski definition) is 1. The molecule has 1 saturated carbocycles. The fourth-order valence-electron chi connectivity index (χ4n) is 7.19. The third-order valence-corrected chi connectivity index (χ3v) is 9.51. The number of hydrogen-bond acceptors (Lipinski definition) is 5. The second kappa shape index (κ2) is 11.1. The van der Waals surface area contributed by atoms with Crippen molar-refractivity contribution in [1.29, 1.82) is 0 Å². The van der Waals surface area contributed by atoms with Crippen molar-refractivity contribution in [3.05, 3.63) is 78.6 Å². The molecule has 4 heterocycles. The average Bonchev–Trinajstić information content (AvgIpc) is 3.60. The summed E-state index contributed by atoms with van der Waals surface area (Å²) >= 11 is 0. The monoisotopic (exact) mass is 579 g/mol. The zero-order valence-electron chi connectivity index (χ0n) is 24.8. The highest BCUT2D eigenvalue weighted by Crippen LogP contribution is 2.39. The van der Waals surface area contributed by atoms with Crippen molar-refractivity contribution in [2.45, 2.75) is 64.2 Å². The highest BCUT2D eigenvalue weighted by Gasteiger charge is 2.33. The number of benzene rings is 2. The Kier molecular flexibility index (Phi) is 7.13. The number of aromatic nitrogens is 4. The van der Waals surface area contributed by atoms with Gasteiger partial charge in [0.05, 0.1) is 18.5 Å². The number of nitrogen functional groups attached to an aromatic ring is 1. The molecule has 1 aliphatic heterocycles. The summed E-state index contributed by atoms with van der Waals surface area (Å²) in [6, 6.07) is 16.4. The van der Waals surface area contributed by atoms with E-state index >= 15 is 0 Å². The van der Waals surface area contributed by atoms with Crippen molar-refractivity contribution < 1.29 is 9.18 Å². The van der Waals surface area contributed by atoms with E-state index in [0.29, 0.717) is 36.6 Å². The van der Waals surface area contributed by atoms with Gasteiger partial charge in [-0.2, -0.15) is 0 Å². The number of amides is 1. The van der Waals surface area contributed by atoms with Crippen LogP contribution in [-0.2, 0) is 11.3 Å². The molecule has 8 nitrogen and oxygen atoms in total. The summed E-state index contributed by atoms with van der Waals surface area (Å²) in [5.74, 6) is 0.530. The molecule has 9 heteroatoms. The second-order valence-electron chi connectivity index (χ2n) is 12.3. The Morgan fingerprint density at radius 3 is 2.56 bits per heavy atom. The van der Waals surface area contributed by atoms with Gasteiger partial charge in [-0.15, -0.1) is 0 Å². The molecular formula is C34H38FN7O. The van der Waals surface area contributed by atoms with Crippen LogP contribution in [0.5, 0.6) is 0 Å². The molecule has 2 aliphatic rings. The van der Waals surface area contributed by atoms with Gasteiger partial charge in [-0.05, 0) is 69.4 Å². The first kappa shape index (κ1) is 27.6. The molecule has 7 rings (SSSR count). The molecule has 0 unspecified atom stereocenters. The smallest absolute Gasteiger partial charge is 0.237 e. The molecule has 5 aromatic rings. The van der Waals surface area contributed by atoms with Crippen molar-refractivity contribution >= 4 is 33.7 Å². The SMILES string of the molecule is CC(C)N1CCN(C2CCC(n3cc(-c4ccc5c(ccn5Cc5ccccc5F)c4)c4c(N)ncnc43)CC2)CC1=O. The fraction of sp³-hybridized carbons (Fsp3) is 0.382. The third-order valence-electron chi connectivity index (χ3n) is 9.51. The normalized spacial score (nSPS) is 20.1. The lowest BCUT2D eigenvalue weighted by atomic mass is 9.89. The van der Waals surface area contributed by atoms with Gasteiger partial charge >= 0.3 is 0 Å². The molecule has 1 aliphatic carbocycles. The number of anilines is 1. The van der Waals surface area contributed by atoms with Crippen LogP contribution in [0.1, 0.15) is 51.1 Å². The molecule has 0 atom stereocenters. The maximum absolute atomic E-state index is 14.3. The molecule has 2 aromatic carbocycles. The average molecular weight is 580 g/mol. The van der Waals surface area contributed by atoms with Crippen LogP contribution < -0.4 is 5.73 Å². The third kappa shape index (κ3) is 5.05. The molecule has 1 amide bonds. The molecule has 3 aromatic heterocycles. The Morgan fingerprint density at radius 2 is 1.79 bits per heavy atom. The predicted octanol–water partition coefficient (Wildman–Crippen LogP) is 5.86. The first-order chi connectivity index (χ1) is 20.9. The first-order valence-electron chi connectivity index (χ1n) is 15.3. The minimum Gasteiger partial charge on any atom is -0.383 e. The van der Waals surface area contributed by atoms with Crippen molar-refractivity contribution in [3.63, 3.8) is 0 Å². The predicted molar refractivity (Wildman–Crippen MR) is 168 cm³/mol. The number of carbonyl (C=O) groups is 1. The van der Waals surface area contributed by atoms with Crippen LogP contribution in [-0.4, -0.2) is 66.5 Å². The van der Waals surface area contributed by atoms with Gasteiger partial charge < -0.3 is 19.8 Å². The standard InChI is InChI=1S/C34H38FN7O/c1-22(2)41-16-15-39(20-31(41)43)26-8-10-27(11-9-26)42-19-28(32-33(36)37-21-38-34(32)42)23-7-12-30-24(17-23)13-14-40(30)18-25-5-3-4-6-29(25)35/h3-7,12-14,17,19,21-22,26-27H,8-11,15-16,18,20H2,1-2H3,(H2,36,37,38). The molecule has 0 spiro atoms. The Morgan fingerprint density at radius 1 is 1.00 bits per heavy atom. The van der Waals surface area contributed by atoms with Gasteiger partial charge in [0.2, 0.25) is 5.91 Å². The highest BCUT2D eigenvalue weighted by atomic mass is 19.1. The quantitative estimate of drug-likeness (QED) is 0.273. The van der Waals surface area contributed by atoms with E-state index in [1.54, 1.807) is 12.4 Å². The summed E-state index contributed by atoms with van der Waals surface area (Å²) in [4.78, 5) is 26.1. The zero-order chi connectivity index (χ0) is 29.7. The summed E-state index contributed by atoms with van der Waals surface area (Å²) in [5, 5.41) is 1.96. The molecule has 0 bridgehead atoms. The van der Waals surface area contributed by atoms with Crippen LogP contribution in [0, 0.1) is 5.82 Å². The van der Waals surface area contributed by atoms with Gasteiger partial charge in [-0.1, -0.05) is 24.3 Å². The van der Waals surface area contributed by atoms with Gasteiger partial charge in [-0.3, -0.25) is 9.69 Å². The van der Waals surface area contributed by atoms with Crippen molar-refractivity contribution in [2.75, 3.05) is 25.4 Å². The Hall–Kier alpha value is -4.24. The van der Waals surface area contributed by atoms with Crippen molar-refractivity contribution in [3.8, 4) is 11.1 Å². The topological polar surface area (TPSA) is 85.2 Å². The Balaban J connectivity index is 1.14. The number of rotatable bonds is 6. The minimum atomic E-state index is -0.194. The molecule has 2 fully saturated rings. The summed E-state index contributed by atoms with van der Waals surface area (Å²) in [6.07, 6.45) is 9.91. The van der Waals surface area contributed by atoms with E-state index in [-0.39, 0.29) is 17.8 Å². The van der Waals surface area contributed by atoms with E-state index in [2.05, 4.69) is 63.3 Å². The van der Waals surface area contributed by atoms with Crippen molar-refractivity contribution in [2.24, 2.45) is 0 Å². The molecule has 43 heavy (non-hydrogen) atoms. The number of fused-ring (bicyclic) bond motifs is 2. The second-order valence-corrected chi connectivity index (χ2v) is 12.3. The zero-order valence-corrected chi connectivity index (χ0v) is 24.8. The number of piperazine rings is 1. The van der Waals surface area contributed by atoms with E-state index in [0.717, 1.165) is 71.8 Å². The Labute approximate surface area is 250 Å². The van der Waals surface area contributed by atoms with Gasteiger partial charge in [0.25, 0.3) is 0 Å².